The van der Waals surface area contributed by atoms with Crippen LogP contribution in [0.25, 0.3) is 11.1 Å². The summed E-state index contributed by atoms with van der Waals surface area (Å²) in [6.45, 7) is 4.15. The van der Waals surface area contributed by atoms with Gasteiger partial charge in [-0.3, -0.25) is 9.48 Å². The first-order valence-electron chi connectivity index (χ1n) is 9.01. The van der Waals surface area contributed by atoms with Crippen molar-refractivity contribution < 1.29 is 4.58 Å². The fourth-order valence-corrected chi connectivity index (χ4v) is 4.49. The topological polar surface area (TPSA) is 6.25 Å². The van der Waals surface area contributed by atoms with Crippen LogP contribution in [0.4, 0.5) is 5.69 Å². The third-order valence-electron chi connectivity index (χ3n) is 5.71. The van der Waals surface area contributed by atoms with Gasteiger partial charge in [0.05, 0.1) is 6.72 Å². The van der Waals surface area contributed by atoms with E-state index >= 15 is 0 Å². The molecule has 0 aromatic heterocycles. The molecule has 1 fully saturated rings. The molecular weight excluding hydrogens is 292 g/mol. The van der Waals surface area contributed by atoms with Gasteiger partial charge in [-0.1, -0.05) is 55.2 Å². The number of benzene rings is 2. The van der Waals surface area contributed by atoms with Crippen LogP contribution in [0.5, 0.6) is 0 Å². The Kier molecular flexibility index (Phi) is 3.05. The molecule has 2 heterocycles. The Labute approximate surface area is 143 Å². The second-order valence-electron chi connectivity index (χ2n) is 7.12. The minimum absolute atomic E-state index is 0.736. The lowest BCUT2D eigenvalue weighted by molar-refractivity contribution is -0.416. The second kappa shape index (κ2) is 5.27. The first-order valence-corrected chi connectivity index (χ1v) is 9.01. The minimum Gasteiger partial charge on any atom is -0.298 e. The van der Waals surface area contributed by atoms with Crippen LogP contribution >= 0.6 is 0 Å². The van der Waals surface area contributed by atoms with Gasteiger partial charge in [-0.15, -0.1) is 6.07 Å². The fourth-order valence-electron chi connectivity index (χ4n) is 4.49. The molecule has 1 saturated carbocycles. The van der Waals surface area contributed by atoms with E-state index in [9.17, 15) is 0 Å². The van der Waals surface area contributed by atoms with Gasteiger partial charge in [-0.25, -0.2) is 0 Å². The lowest BCUT2D eigenvalue weighted by atomic mass is 9.82. The van der Waals surface area contributed by atoms with E-state index < -0.39 is 0 Å². The van der Waals surface area contributed by atoms with Gasteiger partial charge in [0, 0.05) is 11.9 Å². The Morgan fingerprint density at radius 2 is 1.83 bits per heavy atom. The van der Waals surface area contributed by atoms with Crippen molar-refractivity contribution in [2.75, 3.05) is 4.90 Å². The van der Waals surface area contributed by atoms with Crippen molar-refractivity contribution in [1.82, 2.24) is 0 Å². The zero-order valence-electron chi connectivity index (χ0n) is 13.9. The highest BCUT2D eigenvalue weighted by Gasteiger charge is 2.35. The fraction of sp³-hybridized carbons (Fsp3) is 0.273. The van der Waals surface area contributed by atoms with E-state index in [1.54, 1.807) is 0 Å². The van der Waals surface area contributed by atoms with Crippen molar-refractivity contribution >= 4 is 12.4 Å². The molecule has 0 radical (unpaired) electrons. The molecule has 2 aliphatic heterocycles. The zero-order chi connectivity index (χ0) is 16.1. The van der Waals surface area contributed by atoms with Crippen molar-refractivity contribution in [3.05, 3.63) is 72.2 Å². The predicted octanol–water partition coefficient (Wildman–Crippen LogP) is 5.26. The predicted molar refractivity (Wildman–Crippen MR) is 99.0 cm³/mol. The van der Waals surface area contributed by atoms with Crippen molar-refractivity contribution in [2.45, 2.75) is 38.0 Å². The molecule has 24 heavy (non-hydrogen) atoms. The van der Waals surface area contributed by atoms with Crippen LogP contribution in [0.2, 0.25) is 0 Å². The first kappa shape index (κ1) is 13.9. The van der Waals surface area contributed by atoms with E-state index in [-0.39, 0.29) is 0 Å². The molecule has 0 saturated heterocycles. The lowest BCUT2D eigenvalue weighted by Crippen LogP contribution is -2.29. The highest BCUT2D eigenvalue weighted by Crippen LogP contribution is 2.47. The summed E-state index contributed by atoms with van der Waals surface area (Å²) >= 11 is 0. The summed E-state index contributed by atoms with van der Waals surface area (Å²) in [6, 6.07) is 15.8. The summed E-state index contributed by atoms with van der Waals surface area (Å²) < 4.78 is 1.97. The monoisotopic (exact) mass is 314 g/mol. The summed E-state index contributed by atoms with van der Waals surface area (Å²) in [5.74, 6) is 0.736. The average molecular weight is 314 g/mol. The molecular formula is C22H22N2. The maximum Gasteiger partial charge on any atom is 0.221 e. The van der Waals surface area contributed by atoms with Gasteiger partial charge in [0.2, 0.25) is 6.17 Å². The van der Waals surface area contributed by atoms with Crippen LogP contribution in [0, 0.1) is 6.17 Å². The smallest absolute Gasteiger partial charge is 0.221 e. The quantitative estimate of drug-likeness (QED) is 0.514. The molecule has 0 atom stereocenters. The van der Waals surface area contributed by atoms with Gasteiger partial charge in [0.1, 0.15) is 6.20 Å². The minimum atomic E-state index is 0.736. The molecule has 0 spiro atoms. The van der Waals surface area contributed by atoms with Crippen molar-refractivity contribution in [2.24, 2.45) is 0 Å². The second-order valence-corrected chi connectivity index (χ2v) is 7.12. The van der Waals surface area contributed by atoms with E-state index in [1.807, 2.05) is 10.8 Å². The number of fused-ring (bicyclic) bond motifs is 6. The molecule has 120 valence electrons. The van der Waals surface area contributed by atoms with Crippen molar-refractivity contribution in [3.8, 4) is 11.1 Å². The highest BCUT2D eigenvalue weighted by molar-refractivity contribution is 5.88. The molecule has 1 aliphatic carbocycles. The van der Waals surface area contributed by atoms with Gasteiger partial charge >= 0.3 is 0 Å². The summed E-state index contributed by atoms with van der Waals surface area (Å²) in [6.07, 6.45) is 12.2. The van der Waals surface area contributed by atoms with Crippen LogP contribution in [0.3, 0.4) is 0 Å². The summed E-state index contributed by atoms with van der Waals surface area (Å²) in [7, 11) is 0. The molecule has 2 nitrogen and oxygen atoms in total. The number of hydrogen-bond donors (Lipinski definition) is 0. The van der Waals surface area contributed by atoms with Crippen LogP contribution in [-0.4, -0.2) is 11.3 Å². The maximum atomic E-state index is 4.15. The van der Waals surface area contributed by atoms with Crippen LogP contribution in [0.1, 0.15) is 49.1 Å². The molecule has 0 unspecified atom stereocenters. The molecule has 2 heteroatoms. The molecule has 2 aromatic rings. The third kappa shape index (κ3) is 1.96. The van der Waals surface area contributed by atoms with E-state index in [0.717, 1.165) is 12.1 Å². The Morgan fingerprint density at radius 3 is 2.71 bits per heavy atom. The van der Waals surface area contributed by atoms with Gasteiger partial charge in [-0.2, -0.15) is 0 Å². The van der Waals surface area contributed by atoms with Gasteiger partial charge < -0.3 is 0 Å². The van der Waals surface area contributed by atoms with Gasteiger partial charge in [0.25, 0.3) is 0 Å². The summed E-state index contributed by atoms with van der Waals surface area (Å²) in [4.78, 5) is 2.27. The Bertz CT molecular complexity index is 843. The van der Waals surface area contributed by atoms with E-state index in [1.165, 1.54) is 60.0 Å². The molecule has 2 aromatic carbocycles. The molecule has 0 bridgehead atoms. The van der Waals surface area contributed by atoms with Crippen molar-refractivity contribution in [3.63, 3.8) is 0 Å². The van der Waals surface area contributed by atoms with Crippen LogP contribution in [-0.2, 0) is 0 Å². The number of hydrogen-bond acceptors (Lipinski definition) is 1. The number of rotatable bonds is 1. The van der Waals surface area contributed by atoms with E-state index in [4.69, 9.17) is 0 Å². The van der Waals surface area contributed by atoms with Crippen LogP contribution in [0.15, 0.2) is 54.9 Å². The van der Waals surface area contributed by atoms with E-state index in [0.29, 0.717) is 0 Å². The normalized spacial score (nSPS) is 19.2. The van der Waals surface area contributed by atoms with Gasteiger partial charge in [0.15, 0.2) is 0 Å². The molecule has 5 rings (SSSR count). The van der Waals surface area contributed by atoms with Crippen molar-refractivity contribution in [1.29, 1.82) is 0 Å². The molecule has 0 N–H and O–H groups in total. The first-order chi connectivity index (χ1) is 11.8. The zero-order valence-corrected chi connectivity index (χ0v) is 13.9. The highest BCUT2D eigenvalue weighted by atomic mass is 15.3. The largest absolute Gasteiger partial charge is 0.298 e. The SMILES string of the molecule is C=[N+]1C=CN2c3ccc(C4CCCCC4)cc3-c3ccccc3[C-]21. The average Bonchev–Trinajstić information content (AvgIpc) is 3.04. The Morgan fingerprint density at radius 1 is 1.00 bits per heavy atom. The van der Waals surface area contributed by atoms with E-state index in [2.05, 4.69) is 60.3 Å². The Hall–Kier alpha value is -2.48. The van der Waals surface area contributed by atoms with Gasteiger partial charge in [-0.05, 0) is 41.5 Å². The third-order valence-corrected chi connectivity index (χ3v) is 5.71. The van der Waals surface area contributed by atoms with Crippen LogP contribution < -0.4 is 4.90 Å². The number of nitrogens with zero attached hydrogens (tertiary/aromatic N) is 2. The Balaban J connectivity index is 1.67. The molecule has 3 aliphatic rings. The maximum absolute atomic E-state index is 4.15. The molecule has 0 amide bonds. The summed E-state index contributed by atoms with van der Waals surface area (Å²) in [5.41, 5.74) is 6.74. The lowest BCUT2D eigenvalue weighted by Gasteiger charge is -2.35. The summed E-state index contributed by atoms with van der Waals surface area (Å²) in [5, 5.41) is 0. The number of anilines is 1. The standard InChI is InChI=1S/C22H22N2/c1-23-13-14-24-21-12-11-17(16-7-3-2-4-8-16)15-20(21)18-9-5-6-10-19(18)22(23)24/h5-6,9-16H,1-4,7-8H2.